The molecule has 1 aliphatic rings. The summed E-state index contributed by atoms with van der Waals surface area (Å²) < 4.78 is 5.35. The van der Waals surface area contributed by atoms with Crippen molar-refractivity contribution in [1.29, 1.82) is 5.41 Å². The van der Waals surface area contributed by atoms with Crippen LogP contribution in [-0.4, -0.2) is 54.1 Å². The Balaban J connectivity index is 1.24. The zero-order valence-electron chi connectivity index (χ0n) is 21.7. The van der Waals surface area contributed by atoms with Crippen LogP contribution < -0.4 is 21.3 Å². The van der Waals surface area contributed by atoms with Gasteiger partial charge in [-0.1, -0.05) is 6.07 Å². The molecule has 0 spiro atoms. The Hall–Kier alpha value is -4.01. The fourth-order valence-corrected chi connectivity index (χ4v) is 4.55. The first-order chi connectivity index (χ1) is 17.6. The molecule has 2 amide bonds. The largest absolute Gasteiger partial charge is 0.444 e. The highest BCUT2D eigenvalue weighted by molar-refractivity contribution is 6.07. The summed E-state index contributed by atoms with van der Waals surface area (Å²) in [5.41, 5.74) is 9.52. The summed E-state index contributed by atoms with van der Waals surface area (Å²) in [5.74, 6) is -0.0825. The molecule has 9 heteroatoms. The number of nitrogens with zero attached hydrogens (tertiary/aromatic N) is 1. The fraction of sp³-hybridized carbons (Fsp3) is 0.393. The molecule has 3 aromatic rings. The van der Waals surface area contributed by atoms with Gasteiger partial charge in [0.2, 0.25) is 0 Å². The molecule has 1 saturated heterocycles. The van der Waals surface area contributed by atoms with Crippen LogP contribution in [0.25, 0.3) is 10.9 Å². The summed E-state index contributed by atoms with van der Waals surface area (Å²) in [6.07, 6.45) is 3.72. The number of amides is 2. The van der Waals surface area contributed by atoms with Crippen LogP contribution in [0.4, 0.5) is 10.5 Å². The molecule has 0 radical (unpaired) electrons. The molecule has 4 rings (SSSR count). The number of hydrogen-bond acceptors (Lipinski definition) is 5. The molecule has 0 saturated carbocycles. The molecule has 1 aliphatic heterocycles. The molecular weight excluding hydrogens is 468 g/mol. The van der Waals surface area contributed by atoms with Gasteiger partial charge in [0, 0.05) is 59.6 Å². The lowest BCUT2D eigenvalue weighted by Gasteiger charge is -2.34. The summed E-state index contributed by atoms with van der Waals surface area (Å²) in [4.78, 5) is 30.1. The van der Waals surface area contributed by atoms with Crippen LogP contribution in [0.2, 0.25) is 0 Å². The molecule has 6 N–H and O–H groups in total. The first-order valence-corrected chi connectivity index (χ1v) is 12.7. The van der Waals surface area contributed by atoms with Gasteiger partial charge < -0.3 is 31.0 Å². The second kappa shape index (κ2) is 10.9. The molecule has 2 aromatic carbocycles. The number of hydrogen-bond donors (Lipinski definition) is 5. The molecular formula is C28H36N6O3. The number of piperidine rings is 1. The third kappa shape index (κ3) is 6.81. The van der Waals surface area contributed by atoms with E-state index in [9.17, 15) is 9.59 Å². The van der Waals surface area contributed by atoms with Crippen molar-refractivity contribution in [3.8, 4) is 0 Å². The Morgan fingerprint density at radius 3 is 2.49 bits per heavy atom. The van der Waals surface area contributed by atoms with Gasteiger partial charge in [0.15, 0.2) is 0 Å². The summed E-state index contributed by atoms with van der Waals surface area (Å²) in [5, 5.41) is 14.6. The highest BCUT2D eigenvalue weighted by atomic mass is 16.6. The van der Waals surface area contributed by atoms with E-state index in [0.29, 0.717) is 24.1 Å². The molecule has 0 atom stereocenters. The van der Waals surface area contributed by atoms with Crippen molar-refractivity contribution in [3.05, 3.63) is 65.4 Å². The number of fused-ring (bicyclic) bond motifs is 1. The number of anilines is 1. The van der Waals surface area contributed by atoms with Crippen LogP contribution >= 0.6 is 0 Å². The lowest BCUT2D eigenvalue weighted by Crippen LogP contribution is -2.46. The minimum absolute atomic E-state index is 0.0296. The average molecular weight is 505 g/mol. The third-order valence-electron chi connectivity index (χ3n) is 6.45. The molecule has 1 fully saturated rings. The summed E-state index contributed by atoms with van der Waals surface area (Å²) in [7, 11) is 0. The van der Waals surface area contributed by atoms with Gasteiger partial charge in [0.25, 0.3) is 5.91 Å². The summed E-state index contributed by atoms with van der Waals surface area (Å²) >= 11 is 0. The van der Waals surface area contributed by atoms with E-state index < -0.39 is 5.60 Å². The Morgan fingerprint density at radius 2 is 1.84 bits per heavy atom. The normalized spacial score (nSPS) is 14.4. The van der Waals surface area contributed by atoms with Gasteiger partial charge in [-0.2, -0.15) is 0 Å². The molecule has 0 bridgehead atoms. The van der Waals surface area contributed by atoms with Gasteiger partial charge in [0.05, 0.1) is 0 Å². The second-order valence-corrected chi connectivity index (χ2v) is 10.5. The van der Waals surface area contributed by atoms with Gasteiger partial charge in [-0.15, -0.1) is 0 Å². The van der Waals surface area contributed by atoms with Crippen LogP contribution in [-0.2, 0) is 11.2 Å². The van der Waals surface area contributed by atoms with Crippen LogP contribution in [0.3, 0.4) is 0 Å². The van der Waals surface area contributed by atoms with E-state index in [1.165, 1.54) is 0 Å². The smallest absolute Gasteiger partial charge is 0.407 e. The zero-order chi connectivity index (χ0) is 26.6. The maximum Gasteiger partial charge on any atom is 0.407 e. The lowest BCUT2D eigenvalue weighted by molar-refractivity contribution is 0.0497. The average Bonchev–Trinajstić information content (AvgIpc) is 3.27. The fourth-order valence-electron chi connectivity index (χ4n) is 4.55. The van der Waals surface area contributed by atoms with Gasteiger partial charge in [-0.25, -0.2) is 4.79 Å². The van der Waals surface area contributed by atoms with Crippen LogP contribution in [0.1, 0.15) is 55.1 Å². The number of aromatic nitrogens is 1. The number of rotatable bonds is 7. The molecule has 0 aliphatic carbocycles. The van der Waals surface area contributed by atoms with Crippen molar-refractivity contribution in [2.24, 2.45) is 5.73 Å². The minimum Gasteiger partial charge on any atom is -0.444 e. The van der Waals surface area contributed by atoms with E-state index in [-0.39, 0.29) is 23.9 Å². The first kappa shape index (κ1) is 26.1. The van der Waals surface area contributed by atoms with E-state index in [1.807, 2.05) is 63.2 Å². The molecule has 2 heterocycles. The Morgan fingerprint density at radius 1 is 1.14 bits per heavy atom. The van der Waals surface area contributed by atoms with E-state index in [0.717, 1.165) is 48.1 Å². The maximum atomic E-state index is 12.7. The predicted molar refractivity (Wildman–Crippen MR) is 146 cm³/mol. The van der Waals surface area contributed by atoms with E-state index in [1.54, 1.807) is 6.20 Å². The van der Waals surface area contributed by atoms with Crippen LogP contribution in [0.15, 0.2) is 48.7 Å². The second-order valence-electron chi connectivity index (χ2n) is 10.5. The number of aromatic amines is 1. The van der Waals surface area contributed by atoms with E-state index >= 15 is 0 Å². The van der Waals surface area contributed by atoms with Gasteiger partial charge in [0.1, 0.15) is 11.4 Å². The van der Waals surface area contributed by atoms with Crippen molar-refractivity contribution in [3.63, 3.8) is 0 Å². The third-order valence-corrected chi connectivity index (χ3v) is 6.45. The van der Waals surface area contributed by atoms with Crippen molar-refractivity contribution in [2.45, 2.75) is 51.7 Å². The van der Waals surface area contributed by atoms with Crippen molar-refractivity contribution >= 4 is 34.4 Å². The van der Waals surface area contributed by atoms with E-state index in [2.05, 4.69) is 20.5 Å². The summed E-state index contributed by atoms with van der Waals surface area (Å²) in [6.45, 7) is 7.72. The Bertz CT molecular complexity index is 1270. The number of nitrogen functional groups attached to an aromatic ring is 1. The maximum absolute atomic E-state index is 12.7. The van der Waals surface area contributed by atoms with E-state index in [4.69, 9.17) is 15.9 Å². The monoisotopic (exact) mass is 504 g/mol. The topological polar surface area (TPSA) is 136 Å². The van der Waals surface area contributed by atoms with Crippen molar-refractivity contribution < 1.29 is 14.3 Å². The number of carbonyl (C=O) groups excluding carboxylic acids is 2. The Kier molecular flexibility index (Phi) is 7.71. The molecule has 1 aromatic heterocycles. The number of ether oxygens (including phenoxy) is 1. The van der Waals surface area contributed by atoms with Gasteiger partial charge in [-0.3, -0.25) is 10.2 Å². The highest BCUT2D eigenvalue weighted by Crippen LogP contribution is 2.22. The molecule has 9 nitrogen and oxygen atoms in total. The minimum atomic E-state index is -0.504. The number of benzene rings is 2. The Labute approximate surface area is 217 Å². The number of amidine groups is 1. The number of nitrogens with two attached hydrogens (primary N) is 1. The first-order valence-electron chi connectivity index (χ1n) is 12.7. The van der Waals surface area contributed by atoms with Crippen molar-refractivity contribution in [2.75, 3.05) is 24.5 Å². The van der Waals surface area contributed by atoms with Crippen molar-refractivity contribution in [1.82, 2.24) is 15.6 Å². The highest BCUT2D eigenvalue weighted by Gasteiger charge is 2.24. The van der Waals surface area contributed by atoms with Crippen LogP contribution in [0.5, 0.6) is 0 Å². The number of nitrogens with one attached hydrogen (secondary N) is 4. The van der Waals surface area contributed by atoms with Gasteiger partial charge >= 0.3 is 6.09 Å². The lowest BCUT2D eigenvalue weighted by atomic mass is 10.0. The summed E-state index contributed by atoms with van der Waals surface area (Å²) in [6, 6.07) is 13.7. The SMILES string of the molecule is CC(C)(C)OC(=O)NC1CCN(c2ccc(C(=O)NCCc3ccc4[nH]cc(C(=N)N)c4c3)cc2)CC1. The predicted octanol–water partition coefficient (Wildman–Crippen LogP) is 3.92. The number of carbonyl (C=O) groups is 2. The quantitative estimate of drug-likeness (QED) is 0.245. The number of alkyl carbamates (subject to hydrolysis) is 1. The number of H-pyrrole nitrogens is 1. The molecule has 0 unspecified atom stereocenters. The van der Waals surface area contributed by atoms with Gasteiger partial charge in [-0.05, 0) is 82.0 Å². The van der Waals surface area contributed by atoms with Crippen LogP contribution in [0, 0.1) is 5.41 Å². The zero-order valence-corrected chi connectivity index (χ0v) is 21.7. The standard InChI is InChI=1S/C28H36N6O3/c1-28(2,3)37-27(36)33-20-11-14-34(15-12-20)21-7-5-19(6-8-21)26(35)31-13-10-18-4-9-24-22(16-18)23(17-32-24)25(29)30/h4-9,16-17,20,32H,10-15H2,1-3H3,(H3,29,30)(H,31,35)(H,33,36). The molecule has 196 valence electrons. The molecule has 37 heavy (non-hydrogen) atoms.